The van der Waals surface area contributed by atoms with Crippen molar-refractivity contribution in [2.75, 3.05) is 32.8 Å². The third kappa shape index (κ3) is 5.30. The molecule has 1 saturated heterocycles. The quantitative estimate of drug-likeness (QED) is 0.636. The SMILES string of the molecule is CCOc1ccccc1CN1CCC[C@H](n2cc(C(=O)NCCCO)nn2)C1. The van der Waals surface area contributed by atoms with Gasteiger partial charge in [-0.05, 0) is 38.8 Å². The standard InChI is InChI=1S/C20H29N5O3/c1-2-28-19-9-4-3-7-16(19)13-24-11-5-8-17(14-24)25-15-18(22-23-25)20(27)21-10-6-12-26/h3-4,7,9,15,17,26H,2,5-6,8,10-14H2,1H3,(H,21,27)/t17-/m0/s1. The molecule has 28 heavy (non-hydrogen) atoms. The monoisotopic (exact) mass is 387 g/mol. The van der Waals surface area contributed by atoms with Gasteiger partial charge >= 0.3 is 0 Å². The first-order chi connectivity index (χ1) is 13.7. The Morgan fingerprint density at radius 3 is 3.07 bits per heavy atom. The van der Waals surface area contributed by atoms with Crippen molar-refractivity contribution in [3.05, 3.63) is 41.7 Å². The van der Waals surface area contributed by atoms with E-state index >= 15 is 0 Å². The van der Waals surface area contributed by atoms with Gasteiger partial charge in [-0.1, -0.05) is 23.4 Å². The normalized spacial score (nSPS) is 17.4. The molecule has 1 amide bonds. The lowest BCUT2D eigenvalue weighted by molar-refractivity contribution is 0.0946. The number of aliphatic hydroxyl groups excluding tert-OH is 1. The number of para-hydroxylation sites is 1. The number of nitrogens with one attached hydrogen (secondary N) is 1. The molecule has 8 nitrogen and oxygen atoms in total. The molecule has 2 heterocycles. The molecular formula is C20H29N5O3. The number of hydrogen-bond acceptors (Lipinski definition) is 6. The van der Waals surface area contributed by atoms with E-state index < -0.39 is 0 Å². The van der Waals surface area contributed by atoms with E-state index in [0.29, 0.717) is 25.3 Å². The summed E-state index contributed by atoms with van der Waals surface area (Å²) in [5.41, 5.74) is 1.50. The minimum absolute atomic E-state index is 0.0529. The minimum atomic E-state index is -0.252. The van der Waals surface area contributed by atoms with E-state index in [1.165, 1.54) is 5.56 Å². The first-order valence-corrected chi connectivity index (χ1v) is 9.95. The fourth-order valence-corrected chi connectivity index (χ4v) is 3.49. The van der Waals surface area contributed by atoms with Gasteiger partial charge in [0.1, 0.15) is 5.75 Å². The lowest BCUT2D eigenvalue weighted by atomic mass is 10.0. The van der Waals surface area contributed by atoms with E-state index in [0.717, 1.165) is 38.2 Å². The van der Waals surface area contributed by atoms with Gasteiger partial charge in [-0.3, -0.25) is 9.69 Å². The second-order valence-electron chi connectivity index (χ2n) is 6.99. The number of rotatable bonds is 9. The molecule has 1 aliphatic heterocycles. The molecule has 152 valence electrons. The summed E-state index contributed by atoms with van der Waals surface area (Å²) < 4.78 is 7.55. The van der Waals surface area contributed by atoms with E-state index in [4.69, 9.17) is 9.84 Å². The van der Waals surface area contributed by atoms with Crippen LogP contribution in [0, 0.1) is 0 Å². The lowest BCUT2D eigenvalue weighted by Gasteiger charge is -2.32. The first-order valence-electron chi connectivity index (χ1n) is 9.95. The smallest absolute Gasteiger partial charge is 0.273 e. The molecule has 0 saturated carbocycles. The Morgan fingerprint density at radius 2 is 2.25 bits per heavy atom. The van der Waals surface area contributed by atoms with Crippen molar-refractivity contribution in [3.8, 4) is 5.75 Å². The molecule has 1 atom stereocenters. The Hall–Kier alpha value is -2.45. The number of aliphatic hydroxyl groups is 1. The number of carbonyl (C=O) groups is 1. The van der Waals surface area contributed by atoms with Crippen LogP contribution < -0.4 is 10.1 Å². The van der Waals surface area contributed by atoms with Crippen molar-refractivity contribution in [2.24, 2.45) is 0 Å². The number of ether oxygens (including phenoxy) is 1. The molecule has 1 fully saturated rings. The van der Waals surface area contributed by atoms with Crippen molar-refractivity contribution in [2.45, 2.75) is 38.8 Å². The summed E-state index contributed by atoms with van der Waals surface area (Å²) >= 11 is 0. The van der Waals surface area contributed by atoms with Gasteiger partial charge in [-0.15, -0.1) is 5.10 Å². The molecule has 2 aromatic rings. The highest BCUT2D eigenvalue weighted by molar-refractivity contribution is 5.91. The number of aromatic nitrogens is 3. The molecule has 2 N–H and O–H groups in total. The van der Waals surface area contributed by atoms with Gasteiger partial charge in [0.25, 0.3) is 5.91 Å². The fourth-order valence-electron chi connectivity index (χ4n) is 3.49. The predicted octanol–water partition coefficient (Wildman–Crippen LogP) is 1.63. The van der Waals surface area contributed by atoms with Gasteiger partial charge in [-0.25, -0.2) is 4.68 Å². The van der Waals surface area contributed by atoms with Crippen molar-refractivity contribution < 1.29 is 14.6 Å². The predicted molar refractivity (Wildman–Crippen MR) is 105 cm³/mol. The average molecular weight is 387 g/mol. The molecule has 1 aromatic carbocycles. The van der Waals surface area contributed by atoms with E-state index in [9.17, 15) is 4.79 Å². The maximum atomic E-state index is 12.1. The highest BCUT2D eigenvalue weighted by Crippen LogP contribution is 2.25. The maximum absolute atomic E-state index is 12.1. The molecular weight excluding hydrogens is 358 g/mol. The second-order valence-corrected chi connectivity index (χ2v) is 6.99. The molecule has 0 bridgehead atoms. The molecule has 0 aliphatic carbocycles. The van der Waals surface area contributed by atoms with Crippen molar-refractivity contribution in [3.63, 3.8) is 0 Å². The van der Waals surface area contributed by atoms with Gasteiger partial charge in [-0.2, -0.15) is 0 Å². The van der Waals surface area contributed by atoms with Crippen LogP contribution in [0.1, 0.15) is 48.3 Å². The summed E-state index contributed by atoms with van der Waals surface area (Å²) in [6, 6.07) is 8.35. The Labute approximate surface area is 165 Å². The number of likely N-dealkylation sites (tertiary alicyclic amines) is 1. The van der Waals surface area contributed by atoms with Crippen molar-refractivity contribution in [1.82, 2.24) is 25.2 Å². The van der Waals surface area contributed by atoms with E-state index in [-0.39, 0.29) is 18.6 Å². The van der Waals surface area contributed by atoms with Crippen LogP contribution in [-0.4, -0.2) is 63.8 Å². The van der Waals surface area contributed by atoms with Crippen LogP contribution in [0.4, 0.5) is 0 Å². The number of hydrogen-bond donors (Lipinski definition) is 2. The zero-order chi connectivity index (χ0) is 19.8. The summed E-state index contributed by atoms with van der Waals surface area (Å²) in [7, 11) is 0. The van der Waals surface area contributed by atoms with Crippen LogP contribution in [0.3, 0.4) is 0 Å². The summed E-state index contributed by atoms with van der Waals surface area (Å²) in [5.74, 6) is 0.688. The molecule has 1 aliphatic rings. The van der Waals surface area contributed by atoms with Crippen LogP contribution in [0.2, 0.25) is 0 Å². The number of benzene rings is 1. The van der Waals surface area contributed by atoms with Gasteiger partial charge in [0.05, 0.1) is 18.8 Å². The zero-order valence-electron chi connectivity index (χ0n) is 16.4. The third-order valence-corrected chi connectivity index (χ3v) is 4.88. The number of piperidine rings is 1. The Morgan fingerprint density at radius 1 is 1.39 bits per heavy atom. The van der Waals surface area contributed by atoms with Crippen LogP contribution >= 0.6 is 0 Å². The maximum Gasteiger partial charge on any atom is 0.273 e. The van der Waals surface area contributed by atoms with Crippen LogP contribution in [0.5, 0.6) is 5.75 Å². The van der Waals surface area contributed by atoms with Crippen LogP contribution in [0.15, 0.2) is 30.5 Å². The Kier molecular flexibility index (Phi) is 7.39. The second kappa shape index (κ2) is 10.2. The van der Waals surface area contributed by atoms with Gasteiger partial charge in [0, 0.05) is 31.8 Å². The molecule has 0 spiro atoms. The first kappa shape index (κ1) is 20.3. The van der Waals surface area contributed by atoms with Gasteiger partial charge in [0.2, 0.25) is 0 Å². The van der Waals surface area contributed by atoms with E-state index in [1.54, 1.807) is 6.20 Å². The van der Waals surface area contributed by atoms with Gasteiger partial charge in [0.15, 0.2) is 5.69 Å². The van der Waals surface area contributed by atoms with Crippen LogP contribution in [0.25, 0.3) is 0 Å². The van der Waals surface area contributed by atoms with E-state index in [2.05, 4.69) is 26.6 Å². The van der Waals surface area contributed by atoms with Crippen LogP contribution in [-0.2, 0) is 6.54 Å². The summed E-state index contributed by atoms with van der Waals surface area (Å²) in [5, 5.41) is 19.7. The third-order valence-electron chi connectivity index (χ3n) is 4.88. The molecule has 8 heteroatoms. The molecule has 0 radical (unpaired) electrons. The average Bonchev–Trinajstić information content (AvgIpc) is 3.20. The topological polar surface area (TPSA) is 92.5 Å². The largest absolute Gasteiger partial charge is 0.494 e. The Balaban J connectivity index is 1.60. The molecule has 0 unspecified atom stereocenters. The molecule has 3 rings (SSSR count). The number of nitrogens with zero attached hydrogens (tertiary/aromatic N) is 4. The van der Waals surface area contributed by atoms with Gasteiger partial charge < -0.3 is 15.2 Å². The lowest BCUT2D eigenvalue weighted by Crippen LogP contribution is -2.36. The summed E-state index contributed by atoms with van der Waals surface area (Å²) in [6.07, 6.45) is 4.33. The Bertz CT molecular complexity index is 764. The highest BCUT2D eigenvalue weighted by Gasteiger charge is 2.24. The van der Waals surface area contributed by atoms with E-state index in [1.807, 2.05) is 29.8 Å². The number of amides is 1. The summed E-state index contributed by atoms with van der Waals surface area (Å²) in [6.45, 7) is 5.85. The molecule has 1 aromatic heterocycles. The number of carbonyl (C=O) groups excluding carboxylic acids is 1. The highest BCUT2D eigenvalue weighted by atomic mass is 16.5. The zero-order valence-corrected chi connectivity index (χ0v) is 16.4. The van der Waals surface area contributed by atoms with Crippen molar-refractivity contribution >= 4 is 5.91 Å². The fraction of sp³-hybridized carbons (Fsp3) is 0.550. The van der Waals surface area contributed by atoms with Crippen molar-refractivity contribution in [1.29, 1.82) is 0 Å². The summed E-state index contributed by atoms with van der Waals surface area (Å²) in [4.78, 5) is 14.5. The minimum Gasteiger partial charge on any atom is -0.494 e.